The fraction of sp³-hybridized carbons (Fsp3) is 0.214. The Hall–Kier alpha value is -4.67. The molecular formula is C28H26F3N7O. The van der Waals surface area contributed by atoms with Crippen LogP contribution >= 0.6 is 0 Å². The van der Waals surface area contributed by atoms with Crippen LogP contribution in [0.2, 0.25) is 0 Å². The van der Waals surface area contributed by atoms with Crippen LogP contribution in [0.3, 0.4) is 0 Å². The third-order valence-electron chi connectivity index (χ3n) is 6.86. The number of alkyl halides is 3. The normalized spacial score (nSPS) is 17.1. The molecule has 3 heterocycles. The van der Waals surface area contributed by atoms with E-state index in [1.165, 1.54) is 6.07 Å². The lowest BCUT2D eigenvalue weighted by molar-refractivity contribution is -0.162. The van der Waals surface area contributed by atoms with E-state index in [2.05, 4.69) is 27.0 Å². The van der Waals surface area contributed by atoms with Gasteiger partial charge in [0.15, 0.2) is 5.54 Å². The van der Waals surface area contributed by atoms with E-state index in [9.17, 15) is 18.0 Å². The number of carbonyl (C=O) groups excluding carboxylic acids is 1. The van der Waals surface area contributed by atoms with Gasteiger partial charge in [-0.15, -0.1) is 0 Å². The van der Waals surface area contributed by atoms with Crippen LogP contribution in [0.1, 0.15) is 40.9 Å². The Morgan fingerprint density at radius 2 is 1.95 bits per heavy atom. The number of aryl methyl sites for hydroxylation is 1. The molecule has 11 heteroatoms. The first-order valence-corrected chi connectivity index (χ1v) is 12.2. The number of aliphatic imine (C=N–C) groups is 1. The molecule has 2 aromatic heterocycles. The van der Waals surface area contributed by atoms with Gasteiger partial charge in [-0.2, -0.15) is 18.3 Å². The van der Waals surface area contributed by atoms with Gasteiger partial charge in [0.2, 0.25) is 0 Å². The smallest absolute Gasteiger partial charge is 0.385 e. The van der Waals surface area contributed by atoms with Gasteiger partial charge in [0.1, 0.15) is 0 Å². The predicted octanol–water partition coefficient (Wildman–Crippen LogP) is 4.99. The second kappa shape index (κ2) is 9.26. The van der Waals surface area contributed by atoms with Crippen molar-refractivity contribution < 1.29 is 18.0 Å². The van der Waals surface area contributed by atoms with Crippen LogP contribution in [-0.2, 0) is 7.05 Å². The number of fused-ring (bicyclic) bond motifs is 1. The molecule has 0 spiro atoms. The number of aromatic nitrogens is 4. The molecule has 0 bridgehead atoms. The lowest BCUT2D eigenvalue weighted by Crippen LogP contribution is -2.45. The third kappa shape index (κ3) is 4.29. The number of hydrogen-bond donors (Lipinski definition) is 2. The summed E-state index contributed by atoms with van der Waals surface area (Å²) < 4.78 is 47.2. The zero-order valence-electron chi connectivity index (χ0n) is 21.5. The maximum Gasteiger partial charge on any atom is 0.417 e. The van der Waals surface area contributed by atoms with Gasteiger partial charge in [0, 0.05) is 53.9 Å². The molecule has 8 nitrogen and oxygen atoms in total. The topological polar surface area (TPSA) is 103 Å². The first kappa shape index (κ1) is 26.0. The first-order valence-electron chi connectivity index (χ1n) is 12.2. The number of nitrogens with one attached hydrogen (secondary N) is 1. The fourth-order valence-electron chi connectivity index (χ4n) is 4.72. The Morgan fingerprint density at radius 3 is 2.59 bits per heavy atom. The molecule has 0 saturated heterocycles. The van der Waals surface area contributed by atoms with E-state index in [1.54, 1.807) is 71.5 Å². The number of nitrogens with two attached hydrogens (primary N) is 1. The summed E-state index contributed by atoms with van der Waals surface area (Å²) in [4.78, 5) is 20.6. The summed E-state index contributed by atoms with van der Waals surface area (Å²) in [6, 6.07) is 9.83. The number of halogens is 3. The molecule has 200 valence electrons. The summed E-state index contributed by atoms with van der Waals surface area (Å²) in [6.45, 7) is 7.24. The minimum Gasteiger partial charge on any atom is -0.385 e. The van der Waals surface area contributed by atoms with E-state index in [0.717, 1.165) is 12.5 Å². The lowest BCUT2D eigenvalue weighted by atomic mass is 9.78. The van der Waals surface area contributed by atoms with Gasteiger partial charge in [-0.05, 0) is 37.6 Å². The number of benzene rings is 2. The average Bonchev–Trinajstić information content (AvgIpc) is 3.54. The lowest BCUT2D eigenvalue weighted by Gasteiger charge is -2.37. The maximum absolute atomic E-state index is 14.6. The highest BCUT2D eigenvalue weighted by molar-refractivity contribution is 6.19. The highest BCUT2D eigenvalue weighted by atomic mass is 19.4. The molecule has 0 saturated carbocycles. The van der Waals surface area contributed by atoms with Crippen molar-refractivity contribution in [2.24, 2.45) is 17.8 Å². The van der Waals surface area contributed by atoms with Crippen LogP contribution in [0.4, 0.5) is 18.9 Å². The summed E-state index contributed by atoms with van der Waals surface area (Å²) >= 11 is 0. The van der Waals surface area contributed by atoms with E-state index < -0.39 is 17.6 Å². The summed E-state index contributed by atoms with van der Waals surface area (Å²) in [6.07, 6.45) is 2.02. The Balaban J connectivity index is 1.73. The highest BCUT2D eigenvalue weighted by Crippen LogP contribution is 2.49. The molecule has 1 aliphatic rings. The second-order valence-electron chi connectivity index (χ2n) is 9.43. The van der Waals surface area contributed by atoms with E-state index in [4.69, 9.17) is 5.73 Å². The second-order valence-corrected chi connectivity index (χ2v) is 9.43. The summed E-state index contributed by atoms with van der Waals surface area (Å²) in [5.41, 5.74) is 6.56. The van der Waals surface area contributed by atoms with Crippen LogP contribution < -0.4 is 11.1 Å². The van der Waals surface area contributed by atoms with Gasteiger partial charge in [-0.25, -0.2) is 4.98 Å². The molecule has 3 N–H and O–H groups in total. The van der Waals surface area contributed by atoms with Gasteiger partial charge in [0.25, 0.3) is 5.91 Å². The van der Waals surface area contributed by atoms with Gasteiger partial charge in [-0.1, -0.05) is 24.8 Å². The standard InChI is InChI=1S/C28H26F3N7O/c1-5-33-21-11-17(9-10-19(21)26(32)39)25-20-7-6-8-23(24(20)16(2)27(3,36-25)28(29,30)31)38-14-22(34-15-38)18-12-35-37(4)13-18/h6-15,33H,2,5H2,1,3-4H3,(H2,32,39). The predicted molar refractivity (Wildman–Crippen MR) is 144 cm³/mol. The summed E-state index contributed by atoms with van der Waals surface area (Å²) in [5.74, 6) is -0.649. The average molecular weight is 534 g/mol. The molecule has 2 aromatic carbocycles. The van der Waals surface area contributed by atoms with E-state index in [-0.39, 0.29) is 16.8 Å². The van der Waals surface area contributed by atoms with Gasteiger partial charge in [-0.3, -0.25) is 14.5 Å². The monoisotopic (exact) mass is 533 g/mol. The Labute approximate surface area is 222 Å². The Morgan fingerprint density at radius 1 is 1.18 bits per heavy atom. The molecule has 1 atom stereocenters. The van der Waals surface area contributed by atoms with Gasteiger partial charge < -0.3 is 15.6 Å². The van der Waals surface area contributed by atoms with Crippen molar-refractivity contribution in [3.05, 3.63) is 90.1 Å². The number of hydrogen-bond acceptors (Lipinski definition) is 5. The minimum atomic E-state index is -4.73. The SMILES string of the molecule is C=C1c2c(cccc2-n2cnc(-c3cnn(C)c3)c2)C(c2ccc(C(N)=O)c(NCC)c2)=NC1(C)C(F)(F)F. The van der Waals surface area contributed by atoms with Gasteiger partial charge >= 0.3 is 6.18 Å². The van der Waals surface area contributed by atoms with Crippen molar-refractivity contribution in [1.82, 2.24) is 19.3 Å². The molecule has 1 amide bonds. The molecule has 0 fully saturated rings. The molecular weight excluding hydrogens is 507 g/mol. The molecule has 1 unspecified atom stereocenters. The van der Waals surface area contributed by atoms with Crippen LogP contribution in [0.5, 0.6) is 0 Å². The van der Waals surface area contributed by atoms with Crippen molar-refractivity contribution in [2.45, 2.75) is 25.6 Å². The third-order valence-corrected chi connectivity index (χ3v) is 6.86. The maximum atomic E-state index is 14.6. The molecule has 39 heavy (non-hydrogen) atoms. The van der Waals surface area contributed by atoms with Crippen molar-refractivity contribution in [3.8, 4) is 16.9 Å². The van der Waals surface area contributed by atoms with Crippen LogP contribution in [0.25, 0.3) is 22.5 Å². The fourth-order valence-corrected chi connectivity index (χ4v) is 4.72. The molecule has 0 radical (unpaired) electrons. The minimum absolute atomic E-state index is 0.127. The Kier molecular flexibility index (Phi) is 6.16. The number of amides is 1. The number of nitrogens with zero attached hydrogens (tertiary/aromatic N) is 5. The van der Waals surface area contributed by atoms with Gasteiger partial charge in [0.05, 0.1) is 35.2 Å². The number of imidazole rings is 1. The van der Waals surface area contributed by atoms with Crippen LogP contribution in [0.15, 0.2) is 72.9 Å². The van der Waals surface area contributed by atoms with Crippen molar-refractivity contribution >= 4 is 22.9 Å². The largest absolute Gasteiger partial charge is 0.417 e. The van der Waals surface area contributed by atoms with E-state index in [0.29, 0.717) is 40.3 Å². The molecule has 4 aromatic rings. The summed E-state index contributed by atoms with van der Waals surface area (Å²) in [7, 11) is 1.79. The van der Waals surface area contributed by atoms with E-state index in [1.807, 2.05) is 6.92 Å². The number of rotatable bonds is 6. The van der Waals surface area contributed by atoms with Crippen LogP contribution in [0, 0.1) is 0 Å². The number of anilines is 1. The zero-order valence-corrected chi connectivity index (χ0v) is 21.5. The zero-order chi connectivity index (χ0) is 28.1. The van der Waals surface area contributed by atoms with Crippen molar-refractivity contribution in [1.29, 1.82) is 0 Å². The number of carbonyl (C=O) groups is 1. The number of primary amides is 1. The van der Waals surface area contributed by atoms with Crippen molar-refractivity contribution in [2.75, 3.05) is 11.9 Å². The Bertz CT molecular complexity index is 1650. The quantitative estimate of drug-likeness (QED) is 0.365. The first-order chi connectivity index (χ1) is 18.4. The molecule has 5 rings (SSSR count). The van der Waals surface area contributed by atoms with E-state index >= 15 is 0 Å². The molecule has 1 aliphatic heterocycles. The summed E-state index contributed by atoms with van der Waals surface area (Å²) in [5, 5.41) is 7.23. The molecule has 0 aliphatic carbocycles. The van der Waals surface area contributed by atoms with Crippen LogP contribution in [-0.4, -0.2) is 49.2 Å². The van der Waals surface area contributed by atoms with Crippen molar-refractivity contribution in [3.63, 3.8) is 0 Å². The highest BCUT2D eigenvalue weighted by Gasteiger charge is 2.56.